The number of rotatable bonds is 2. The molecule has 1 heterocycles. The number of nitrogens with zero attached hydrogens (tertiary/aromatic N) is 1. The molecule has 0 spiro atoms. The monoisotopic (exact) mass is 203 g/mol. The second kappa shape index (κ2) is 3.31. The summed E-state index contributed by atoms with van der Waals surface area (Å²) in [5, 5.41) is 0. The third-order valence-electron chi connectivity index (χ3n) is 2.45. The van der Waals surface area contributed by atoms with E-state index in [0.29, 0.717) is 29.5 Å². The standard InChI is InChI=1S/C11H9NO3/c1-2-12-10(14)8-4-3-7(6-13)5-9(8)11(12)15/h3-6H,2H2,1H3. The summed E-state index contributed by atoms with van der Waals surface area (Å²) in [5.74, 6) is -0.601. The van der Waals surface area contributed by atoms with Crippen molar-refractivity contribution in [3.8, 4) is 0 Å². The Hall–Kier alpha value is -1.97. The van der Waals surface area contributed by atoms with E-state index in [1.165, 1.54) is 23.1 Å². The van der Waals surface area contributed by atoms with E-state index in [-0.39, 0.29) is 11.8 Å². The molecule has 0 unspecified atom stereocenters. The van der Waals surface area contributed by atoms with Gasteiger partial charge in [-0.25, -0.2) is 0 Å². The molecule has 0 saturated heterocycles. The molecule has 4 nitrogen and oxygen atoms in total. The Bertz CT molecular complexity index is 465. The third kappa shape index (κ3) is 1.26. The number of carbonyl (C=O) groups is 3. The van der Waals surface area contributed by atoms with E-state index < -0.39 is 0 Å². The summed E-state index contributed by atoms with van der Waals surface area (Å²) in [5.41, 5.74) is 1.12. The third-order valence-corrected chi connectivity index (χ3v) is 2.45. The number of hydrogen-bond acceptors (Lipinski definition) is 3. The Morgan fingerprint density at radius 2 is 1.87 bits per heavy atom. The molecule has 0 aliphatic carbocycles. The summed E-state index contributed by atoms with van der Waals surface area (Å²) in [7, 11) is 0. The van der Waals surface area contributed by atoms with Crippen LogP contribution in [0.3, 0.4) is 0 Å². The molecule has 76 valence electrons. The molecule has 2 rings (SSSR count). The maximum absolute atomic E-state index is 11.7. The minimum atomic E-state index is -0.318. The molecule has 0 aromatic heterocycles. The van der Waals surface area contributed by atoms with Crippen LogP contribution in [0.2, 0.25) is 0 Å². The van der Waals surface area contributed by atoms with Crippen LogP contribution in [0.1, 0.15) is 38.0 Å². The summed E-state index contributed by atoms with van der Waals surface area (Å²) in [6, 6.07) is 4.52. The molecule has 0 saturated carbocycles. The van der Waals surface area contributed by atoms with Crippen LogP contribution >= 0.6 is 0 Å². The van der Waals surface area contributed by atoms with Crippen molar-refractivity contribution < 1.29 is 14.4 Å². The molecular formula is C11H9NO3. The van der Waals surface area contributed by atoms with Crippen LogP contribution < -0.4 is 0 Å². The Morgan fingerprint density at radius 1 is 1.20 bits per heavy atom. The van der Waals surface area contributed by atoms with Crippen LogP contribution in [0.25, 0.3) is 0 Å². The molecule has 2 amide bonds. The molecule has 1 aromatic carbocycles. The Labute approximate surface area is 86.5 Å². The van der Waals surface area contributed by atoms with Crippen molar-refractivity contribution in [1.29, 1.82) is 0 Å². The van der Waals surface area contributed by atoms with Crippen molar-refractivity contribution in [3.63, 3.8) is 0 Å². The van der Waals surface area contributed by atoms with Gasteiger partial charge in [0.25, 0.3) is 11.8 Å². The van der Waals surface area contributed by atoms with Crippen LogP contribution in [-0.2, 0) is 0 Å². The van der Waals surface area contributed by atoms with Gasteiger partial charge in [-0.2, -0.15) is 0 Å². The number of carbonyl (C=O) groups excluding carboxylic acids is 3. The highest BCUT2D eigenvalue weighted by Crippen LogP contribution is 2.23. The number of amides is 2. The first kappa shape index (κ1) is 9.58. The summed E-state index contributed by atoms with van der Waals surface area (Å²) in [4.78, 5) is 35.1. The summed E-state index contributed by atoms with van der Waals surface area (Å²) in [6.45, 7) is 2.09. The van der Waals surface area contributed by atoms with Crippen LogP contribution in [0.15, 0.2) is 18.2 Å². The van der Waals surface area contributed by atoms with Crippen molar-refractivity contribution in [2.75, 3.05) is 6.54 Å². The molecule has 1 aromatic rings. The van der Waals surface area contributed by atoms with E-state index >= 15 is 0 Å². The van der Waals surface area contributed by atoms with Crippen molar-refractivity contribution in [1.82, 2.24) is 4.90 Å². The van der Waals surface area contributed by atoms with Gasteiger partial charge in [-0.3, -0.25) is 19.3 Å². The fourth-order valence-corrected chi connectivity index (χ4v) is 1.67. The number of fused-ring (bicyclic) bond motifs is 1. The lowest BCUT2D eigenvalue weighted by molar-refractivity contribution is 0.0663. The van der Waals surface area contributed by atoms with E-state index in [1.54, 1.807) is 6.92 Å². The maximum Gasteiger partial charge on any atom is 0.261 e. The largest absolute Gasteiger partial charge is 0.298 e. The van der Waals surface area contributed by atoms with Gasteiger partial charge in [0.1, 0.15) is 6.29 Å². The Balaban J connectivity index is 2.57. The second-order valence-corrected chi connectivity index (χ2v) is 3.28. The zero-order chi connectivity index (χ0) is 11.0. The molecule has 0 bridgehead atoms. The lowest BCUT2D eigenvalue weighted by atomic mass is 10.1. The highest BCUT2D eigenvalue weighted by molar-refractivity contribution is 6.21. The van der Waals surface area contributed by atoms with Crippen molar-refractivity contribution in [2.45, 2.75) is 6.92 Å². The molecule has 0 radical (unpaired) electrons. The fourth-order valence-electron chi connectivity index (χ4n) is 1.67. The SMILES string of the molecule is CCN1C(=O)c2ccc(C=O)cc2C1=O. The quantitative estimate of drug-likeness (QED) is 0.534. The molecule has 1 aliphatic rings. The van der Waals surface area contributed by atoms with E-state index in [4.69, 9.17) is 0 Å². The number of imide groups is 1. The van der Waals surface area contributed by atoms with Gasteiger partial charge in [-0.1, -0.05) is 6.07 Å². The number of benzene rings is 1. The first-order chi connectivity index (χ1) is 7.19. The van der Waals surface area contributed by atoms with Crippen molar-refractivity contribution in [3.05, 3.63) is 34.9 Å². The van der Waals surface area contributed by atoms with Crippen LogP contribution in [0.4, 0.5) is 0 Å². The van der Waals surface area contributed by atoms with E-state index in [1.807, 2.05) is 0 Å². The van der Waals surface area contributed by atoms with Crippen molar-refractivity contribution in [2.24, 2.45) is 0 Å². The van der Waals surface area contributed by atoms with Gasteiger partial charge in [-0.05, 0) is 19.1 Å². The smallest absolute Gasteiger partial charge is 0.261 e. The highest BCUT2D eigenvalue weighted by atomic mass is 16.2. The van der Waals surface area contributed by atoms with Gasteiger partial charge < -0.3 is 0 Å². The number of aldehydes is 1. The second-order valence-electron chi connectivity index (χ2n) is 3.28. The highest BCUT2D eigenvalue weighted by Gasteiger charge is 2.34. The summed E-state index contributed by atoms with van der Waals surface area (Å²) >= 11 is 0. The Kier molecular flexibility index (Phi) is 2.11. The molecular weight excluding hydrogens is 194 g/mol. The topological polar surface area (TPSA) is 54.5 Å². The maximum atomic E-state index is 11.7. The van der Waals surface area contributed by atoms with Gasteiger partial charge in [0.15, 0.2) is 0 Å². The van der Waals surface area contributed by atoms with Gasteiger partial charge in [0, 0.05) is 12.1 Å². The van der Waals surface area contributed by atoms with E-state index in [9.17, 15) is 14.4 Å². The average molecular weight is 203 g/mol. The van der Waals surface area contributed by atoms with Crippen LogP contribution in [0, 0.1) is 0 Å². The van der Waals surface area contributed by atoms with Crippen LogP contribution in [-0.4, -0.2) is 29.5 Å². The average Bonchev–Trinajstić information content (AvgIpc) is 2.51. The molecule has 0 fully saturated rings. The first-order valence-corrected chi connectivity index (χ1v) is 4.64. The van der Waals surface area contributed by atoms with E-state index in [0.717, 1.165) is 0 Å². The fraction of sp³-hybridized carbons (Fsp3) is 0.182. The zero-order valence-corrected chi connectivity index (χ0v) is 8.19. The van der Waals surface area contributed by atoms with Crippen LogP contribution in [0.5, 0.6) is 0 Å². The number of hydrogen-bond donors (Lipinski definition) is 0. The zero-order valence-electron chi connectivity index (χ0n) is 8.19. The van der Waals surface area contributed by atoms with Gasteiger partial charge in [-0.15, -0.1) is 0 Å². The van der Waals surface area contributed by atoms with Crippen molar-refractivity contribution >= 4 is 18.1 Å². The molecule has 15 heavy (non-hydrogen) atoms. The summed E-state index contributed by atoms with van der Waals surface area (Å²) < 4.78 is 0. The minimum Gasteiger partial charge on any atom is -0.298 e. The lowest BCUT2D eigenvalue weighted by Crippen LogP contribution is -2.29. The normalized spacial score (nSPS) is 14.3. The molecule has 0 N–H and O–H groups in total. The molecule has 0 atom stereocenters. The predicted molar refractivity (Wildman–Crippen MR) is 52.9 cm³/mol. The summed E-state index contributed by atoms with van der Waals surface area (Å²) in [6.07, 6.45) is 0.659. The molecule has 4 heteroatoms. The van der Waals surface area contributed by atoms with Gasteiger partial charge in [0.2, 0.25) is 0 Å². The Morgan fingerprint density at radius 3 is 2.47 bits per heavy atom. The minimum absolute atomic E-state index is 0.282. The van der Waals surface area contributed by atoms with Gasteiger partial charge in [0.05, 0.1) is 11.1 Å². The first-order valence-electron chi connectivity index (χ1n) is 4.64. The predicted octanol–water partition coefficient (Wildman–Crippen LogP) is 1.11. The van der Waals surface area contributed by atoms with Gasteiger partial charge >= 0.3 is 0 Å². The molecule has 1 aliphatic heterocycles. The van der Waals surface area contributed by atoms with E-state index in [2.05, 4.69) is 0 Å². The lowest BCUT2D eigenvalue weighted by Gasteiger charge is -2.08.